The lowest BCUT2D eigenvalue weighted by atomic mass is 9.81. The molecule has 0 spiro atoms. The molecule has 1 aliphatic carbocycles. The molecule has 0 radical (unpaired) electrons. The largest absolute Gasteiger partial charge is 0.352 e. The highest BCUT2D eigenvalue weighted by Crippen LogP contribution is 2.31. The van der Waals surface area contributed by atoms with Crippen LogP contribution in [0, 0.1) is 11.8 Å². The molecule has 0 bridgehead atoms. The van der Waals surface area contributed by atoms with Crippen molar-refractivity contribution >= 4 is 33.4 Å². The van der Waals surface area contributed by atoms with Crippen molar-refractivity contribution in [3.05, 3.63) is 32.3 Å². The highest BCUT2D eigenvalue weighted by molar-refractivity contribution is 7.17. The van der Waals surface area contributed by atoms with Crippen molar-refractivity contribution in [2.45, 2.75) is 84.3 Å². The Labute approximate surface area is 203 Å². The normalized spacial score (nSPS) is 22.0. The van der Waals surface area contributed by atoms with Gasteiger partial charge < -0.3 is 10.2 Å². The molecule has 34 heavy (non-hydrogen) atoms. The Hall–Kier alpha value is -2.42. The molecule has 2 aliphatic rings. The van der Waals surface area contributed by atoms with E-state index < -0.39 is 5.69 Å². The number of carbonyl (C=O) groups is 2. The zero-order valence-electron chi connectivity index (χ0n) is 20.3. The number of hydrogen-bond acceptors (Lipinski definition) is 5. The molecule has 1 saturated carbocycles. The van der Waals surface area contributed by atoms with Crippen LogP contribution in [-0.4, -0.2) is 45.0 Å². The van der Waals surface area contributed by atoms with Crippen LogP contribution in [0.3, 0.4) is 0 Å². The number of aromatic nitrogens is 2. The van der Waals surface area contributed by atoms with Crippen LogP contribution in [0.5, 0.6) is 0 Å². The summed E-state index contributed by atoms with van der Waals surface area (Å²) in [5.41, 5.74) is -0.187. The van der Waals surface area contributed by atoms with Gasteiger partial charge in [0.15, 0.2) is 0 Å². The number of piperidine rings is 1. The number of carbonyl (C=O) groups excluding carboxylic acids is 2. The first-order chi connectivity index (χ1) is 16.4. The summed E-state index contributed by atoms with van der Waals surface area (Å²) >= 11 is 1.30. The molecule has 0 aromatic carbocycles. The zero-order chi connectivity index (χ0) is 24.2. The lowest BCUT2D eigenvalue weighted by molar-refractivity contribution is -0.137. The molecule has 1 N–H and O–H groups in total. The van der Waals surface area contributed by atoms with E-state index in [0.717, 1.165) is 58.0 Å². The molecule has 1 unspecified atom stereocenters. The number of amides is 2. The van der Waals surface area contributed by atoms with Crippen molar-refractivity contribution in [3.63, 3.8) is 0 Å². The van der Waals surface area contributed by atoms with Crippen molar-refractivity contribution in [2.24, 2.45) is 11.8 Å². The second-order valence-corrected chi connectivity index (χ2v) is 10.8. The van der Waals surface area contributed by atoms with Crippen LogP contribution in [0.4, 0.5) is 0 Å². The molecule has 1 saturated heterocycles. The van der Waals surface area contributed by atoms with E-state index in [1.165, 1.54) is 26.9 Å². The molecule has 3 heterocycles. The number of fused-ring (bicyclic) bond motifs is 1. The van der Waals surface area contributed by atoms with Crippen LogP contribution in [0.15, 0.2) is 21.0 Å². The van der Waals surface area contributed by atoms with E-state index in [1.54, 1.807) is 11.4 Å². The SMILES string of the molecule is CCC(C)NC(=O)Cn1c(=O)n(CC2CCC(C(=O)N3CCCCC3)CC2)c(=O)c2sccc21. The summed E-state index contributed by atoms with van der Waals surface area (Å²) in [6, 6.07) is 1.76. The van der Waals surface area contributed by atoms with Crippen LogP contribution >= 0.6 is 11.3 Å². The third-order valence-electron chi connectivity index (χ3n) is 7.46. The van der Waals surface area contributed by atoms with E-state index in [-0.39, 0.29) is 41.8 Å². The fraction of sp³-hybridized carbons (Fsp3) is 0.680. The summed E-state index contributed by atoms with van der Waals surface area (Å²) in [5, 5.41) is 4.69. The number of likely N-dealkylation sites (tertiary alicyclic amines) is 1. The molecule has 9 heteroatoms. The summed E-state index contributed by atoms with van der Waals surface area (Å²) in [4.78, 5) is 53.9. The minimum Gasteiger partial charge on any atom is -0.352 e. The van der Waals surface area contributed by atoms with Crippen LogP contribution in [0.1, 0.15) is 65.2 Å². The Kier molecular flexibility index (Phi) is 7.91. The van der Waals surface area contributed by atoms with Gasteiger partial charge in [0, 0.05) is 31.6 Å². The van der Waals surface area contributed by atoms with Crippen molar-refractivity contribution in [3.8, 4) is 0 Å². The van der Waals surface area contributed by atoms with Crippen LogP contribution in [-0.2, 0) is 22.7 Å². The maximum atomic E-state index is 13.3. The molecule has 2 amide bonds. The fourth-order valence-electron chi connectivity index (χ4n) is 5.24. The standard InChI is InChI=1S/C25H36N4O4S/c1-3-17(2)26-21(30)16-28-20-11-14-34-22(20)24(32)29(25(28)33)15-18-7-9-19(10-8-18)23(31)27-12-5-4-6-13-27/h11,14,17-19H,3-10,12-13,15-16H2,1-2H3,(H,26,30). The average molecular weight is 489 g/mol. The average Bonchev–Trinajstić information content (AvgIpc) is 3.35. The number of thiophene rings is 1. The summed E-state index contributed by atoms with van der Waals surface area (Å²) in [6.07, 6.45) is 7.46. The van der Waals surface area contributed by atoms with Gasteiger partial charge in [0.2, 0.25) is 11.8 Å². The van der Waals surface area contributed by atoms with Crippen LogP contribution < -0.4 is 16.6 Å². The monoisotopic (exact) mass is 488 g/mol. The van der Waals surface area contributed by atoms with Crippen molar-refractivity contribution in [1.29, 1.82) is 0 Å². The first-order valence-corrected chi connectivity index (χ1v) is 13.6. The van der Waals surface area contributed by atoms with Gasteiger partial charge in [0.1, 0.15) is 11.2 Å². The van der Waals surface area contributed by atoms with Crippen molar-refractivity contribution < 1.29 is 9.59 Å². The Morgan fingerprint density at radius 1 is 1.09 bits per heavy atom. The highest BCUT2D eigenvalue weighted by atomic mass is 32.1. The second kappa shape index (κ2) is 10.9. The quantitative estimate of drug-likeness (QED) is 0.648. The van der Waals surface area contributed by atoms with E-state index in [9.17, 15) is 19.2 Å². The Morgan fingerprint density at radius 2 is 1.79 bits per heavy atom. The predicted octanol–water partition coefficient (Wildman–Crippen LogP) is 2.96. The minimum absolute atomic E-state index is 0.0231. The van der Waals surface area contributed by atoms with E-state index in [0.29, 0.717) is 16.8 Å². The smallest absolute Gasteiger partial charge is 0.332 e. The zero-order valence-corrected chi connectivity index (χ0v) is 21.1. The highest BCUT2D eigenvalue weighted by Gasteiger charge is 2.31. The van der Waals surface area contributed by atoms with Gasteiger partial charge in [-0.25, -0.2) is 4.79 Å². The predicted molar refractivity (Wildman–Crippen MR) is 134 cm³/mol. The molecule has 2 fully saturated rings. The number of nitrogens with one attached hydrogen (secondary N) is 1. The third-order valence-corrected chi connectivity index (χ3v) is 8.35. The number of rotatable bonds is 7. The van der Waals surface area contributed by atoms with Gasteiger partial charge >= 0.3 is 5.69 Å². The van der Waals surface area contributed by atoms with Crippen molar-refractivity contribution in [2.75, 3.05) is 13.1 Å². The molecular weight excluding hydrogens is 452 g/mol. The Morgan fingerprint density at radius 3 is 2.47 bits per heavy atom. The van der Waals surface area contributed by atoms with Crippen LogP contribution in [0.25, 0.3) is 10.2 Å². The fourth-order valence-corrected chi connectivity index (χ4v) is 6.08. The van der Waals surface area contributed by atoms with Gasteiger partial charge in [-0.15, -0.1) is 11.3 Å². The minimum atomic E-state index is -0.429. The summed E-state index contributed by atoms with van der Waals surface area (Å²) in [6.45, 7) is 5.90. The molecule has 2 aromatic rings. The van der Waals surface area contributed by atoms with Gasteiger partial charge in [0.05, 0.1) is 5.52 Å². The summed E-state index contributed by atoms with van der Waals surface area (Å²) in [7, 11) is 0. The molecule has 186 valence electrons. The van der Waals surface area contributed by atoms with Gasteiger partial charge in [-0.1, -0.05) is 6.92 Å². The lowest BCUT2D eigenvalue weighted by Gasteiger charge is -2.34. The van der Waals surface area contributed by atoms with Crippen LogP contribution in [0.2, 0.25) is 0 Å². The second-order valence-electron chi connectivity index (χ2n) is 9.90. The molecule has 1 aliphatic heterocycles. The maximum Gasteiger partial charge on any atom is 0.332 e. The third kappa shape index (κ3) is 5.29. The van der Waals surface area contributed by atoms with Gasteiger partial charge in [-0.3, -0.25) is 23.5 Å². The first kappa shape index (κ1) is 24.7. The van der Waals surface area contributed by atoms with Gasteiger partial charge in [-0.2, -0.15) is 0 Å². The van der Waals surface area contributed by atoms with E-state index in [4.69, 9.17) is 0 Å². The van der Waals surface area contributed by atoms with E-state index in [1.807, 2.05) is 18.7 Å². The molecule has 8 nitrogen and oxygen atoms in total. The number of nitrogens with zero attached hydrogens (tertiary/aromatic N) is 3. The summed E-state index contributed by atoms with van der Waals surface area (Å²) in [5.74, 6) is 0.290. The van der Waals surface area contributed by atoms with Gasteiger partial charge in [0.25, 0.3) is 5.56 Å². The number of hydrogen-bond donors (Lipinski definition) is 1. The summed E-state index contributed by atoms with van der Waals surface area (Å²) < 4.78 is 3.24. The molecule has 2 aromatic heterocycles. The molecule has 4 rings (SSSR count). The van der Waals surface area contributed by atoms with Gasteiger partial charge in [-0.05, 0) is 75.7 Å². The topological polar surface area (TPSA) is 93.4 Å². The first-order valence-electron chi connectivity index (χ1n) is 12.7. The molecule has 1 atom stereocenters. The Bertz CT molecular complexity index is 1140. The lowest BCUT2D eigenvalue weighted by Crippen LogP contribution is -2.45. The van der Waals surface area contributed by atoms with Crippen molar-refractivity contribution in [1.82, 2.24) is 19.4 Å². The van der Waals surface area contributed by atoms with E-state index >= 15 is 0 Å². The Balaban J connectivity index is 1.48. The van der Waals surface area contributed by atoms with E-state index in [2.05, 4.69) is 5.32 Å². The molecular formula is C25H36N4O4S. The maximum absolute atomic E-state index is 13.3.